The van der Waals surface area contributed by atoms with Crippen LogP contribution in [0, 0.1) is 5.92 Å². The van der Waals surface area contributed by atoms with Crippen molar-refractivity contribution in [3.05, 3.63) is 34.9 Å². The van der Waals surface area contributed by atoms with E-state index < -0.39 is 0 Å². The van der Waals surface area contributed by atoms with Crippen LogP contribution in [0.3, 0.4) is 0 Å². The first-order valence-corrected chi connectivity index (χ1v) is 6.14. The van der Waals surface area contributed by atoms with E-state index in [1.54, 1.807) is 0 Å². The number of rotatable bonds is 4. The second kappa shape index (κ2) is 5.20. The summed E-state index contributed by atoms with van der Waals surface area (Å²) in [7, 11) is 0. The summed E-state index contributed by atoms with van der Waals surface area (Å²) in [5, 5.41) is 0.760. The molecule has 1 atom stereocenters. The molecule has 0 spiro atoms. The average Bonchev–Trinajstić information content (AvgIpc) is 2.16. The van der Waals surface area contributed by atoms with Crippen LogP contribution < -0.4 is 0 Å². The van der Waals surface area contributed by atoms with Gasteiger partial charge >= 0.3 is 0 Å². The number of halogens is 1. The number of hydrogen-bond donors (Lipinski definition) is 0. The van der Waals surface area contributed by atoms with E-state index in [0.29, 0.717) is 5.92 Å². The molecular formula is C14H21ClO. The Morgan fingerprint density at radius 1 is 1.19 bits per heavy atom. The Hall–Kier alpha value is -0.530. The van der Waals surface area contributed by atoms with Gasteiger partial charge in [-0.2, -0.15) is 0 Å². The summed E-state index contributed by atoms with van der Waals surface area (Å²) in [5.74, 6) is 0.481. The van der Waals surface area contributed by atoms with Crippen LogP contribution in [0.1, 0.15) is 46.3 Å². The molecule has 0 heterocycles. The quantitative estimate of drug-likeness (QED) is 0.731. The van der Waals surface area contributed by atoms with E-state index in [1.807, 2.05) is 24.3 Å². The first kappa shape index (κ1) is 13.5. The van der Waals surface area contributed by atoms with Crippen molar-refractivity contribution in [2.45, 2.75) is 46.3 Å². The molecule has 0 N–H and O–H groups in total. The molecule has 90 valence electrons. The Kier molecular flexibility index (Phi) is 4.40. The molecule has 0 amide bonds. The maximum atomic E-state index is 6.08. The van der Waals surface area contributed by atoms with E-state index in [0.717, 1.165) is 10.6 Å². The van der Waals surface area contributed by atoms with Gasteiger partial charge in [-0.15, -0.1) is 0 Å². The second-order valence-electron chi connectivity index (χ2n) is 5.07. The van der Waals surface area contributed by atoms with Gasteiger partial charge < -0.3 is 4.74 Å². The highest BCUT2D eigenvalue weighted by Gasteiger charge is 2.26. The largest absolute Gasteiger partial charge is 0.368 e. The zero-order valence-corrected chi connectivity index (χ0v) is 11.5. The Morgan fingerprint density at radius 3 is 2.31 bits per heavy atom. The normalized spacial score (nSPS) is 14.2. The van der Waals surface area contributed by atoms with Gasteiger partial charge in [0.1, 0.15) is 0 Å². The average molecular weight is 241 g/mol. The van der Waals surface area contributed by atoms with Gasteiger partial charge in [0.15, 0.2) is 0 Å². The fraction of sp³-hybridized carbons (Fsp3) is 0.571. The van der Waals surface area contributed by atoms with Gasteiger partial charge in [0.25, 0.3) is 0 Å². The van der Waals surface area contributed by atoms with Gasteiger partial charge in [0.2, 0.25) is 0 Å². The minimum atomic E-state index is -0.123. The summed E-state index contributed by atoms with van der Waals surface area (Å²) < 4.78 is 6.08. The molecule has 0 aliphatic rings. The van der Waals surface area contributed by atoms with E-state index in [4.69, 9.17) is 16.3 Å². The fourth-order valence-electron chi connectivity index (χ4n) is 1.42. The van der Waals surface area contributed by atoms with Crippen molar-refractivity contribution in [2.24, 2.45) is 5.92 Å². The summed E-state index contributed by atoms with van der Waals surface area (Å²) in [6, 6.07) is 7.85. The molecule has 1 unspecified atom stereocenters. The first-order valence-electron chi connectivity index (χ1n) is 5.76. The summed E-state index contributed by atoms with van der Waals surface area (Å²) in [6.45, 7) is 10.7. The number of benzene rings is 1. The Bertz CT molecular complexity index is 344. The molecule has 1 aromatic rings. The molecule has 0 saturated carbocycles. The first-order chi connectivity index (χ1) is 7.33. The van der Waals surface area contributed by atoms with Gasteiger partial charge in [-0.25, -0.2) is 0 Å². The standard InChI is InChI=1S/C14H21ClO/c1-10(2)14(4,5)16-11(3)12-7-6-8-13(15)9-12/h6-11H,1-5H3. The lowest BCUT2D eigenvalue weighted by Crippen LogP contribution is -2.32. The predicted octanol–water partition coefficient (Wildman–Crippen LogP) is 4.85. The van der Waals surface area contributed by atoms with Crippen molar-refractivity contribution in [1.82, 2.24) is 0 Å². The minimum absolute atomic E-state index is 0.0658. The van der Waals surface area contributed by atoms with Gasteiger partial charge in [-0.3, -0.25) is 0 Å². The lowest BCUT2D eigenvalue weighted by atomic mass is 9.94. The van der Waals surface area contributed by atoms with Gasteiger partial charge in [-0.05, 0) is 44.4 Å². The Labute approximate surface area is 104 Å². The molecule has 1 rings (SSSR count). The van der Waals surface area contributed by atoms with Crippen molar-refractivity contribution in [2.75, 3.05) is 0 Å². The van der Waals surface area contributed by atoms with Gasteiger partial charge in [0.05, 0.1) is 11.7 Å². The molecule has 16 heavy (non-hydrogen) atoms. The van der Waals surface area contributed by atoms with Crippen molar-refractivity contribution in [3.8, 4) is 0 Å². The second-order valence-corrected chi connectivity index (χ2v) is 5.51. The third-order valence-corrected chi connectivity index (χ3v) is 3.42. The smallest absolute Gasteiger partial charge is 0.0804 e. The SMILES string of the molecule is CC(OC(C)(C)C(C)C)c1cccc(Cl)c1. The zero-order chi connectivity index (χ0) is 12.3. The van der Waals surface area contributed by atoms with Crippen LogP contribution in [0.15, 0.2) is 24.3 Å². The van der Waals surface area contributed by atoms with E-state index in [2.05, 4.69) is 34.6 Å². The van der Waals surface area contributed by atoms with Crippen LogP contribution in [0.4, 0.5) is 0 Å². The summed E-state index contributed by atoms with van der Waals surface area (Å²) in [4.78, 5) is 0. The third kappa shape index (κ3) is 3.50. The minimum Gasteiger partial charge on any atom is -0.368 e. The van der Waals surface area contributed by atoms with E-state index in [9.17, 15) is 0 Å². The highest BCUT2D eigenvalue weighted by molar-refractivity contribution is 6.30. The zero-order valence-electron chi connectivity index (χ0n) is 10.8. The topological polar surface area (TPSA) is 9.23 Å². The molecule has 2 heteroatoms. The monoisotopic (exact) mass is 240 g/mol. The Balaban J connectivity index is 2.76. The van der Waals surface area contributed by atoms with Crippen LogP contribution in [0.5, 0.6) is 0 Å². The van der Waals surface area contributed by atoms with Crippen molar-refractivity contribution < 1.29 is 4.74 Å². The summed E-state index contributed by atoms with van der Waals surface area (Å²) in [5.41, 5.74) is 1.00. The van der Waals surface area contributed by atoms with Crippen molar-refractivity contribution in [1.29, 1.82) is 0 Å². The van der Waals surface area contributed by atoms with Gasteiger partial charge in [0, 0.05) is 5.02 Å². The highest BCUT2D eigenvalue weighted by Crippen LogP contribution is 2.29. The van der Waals surface area contributed by atoms with E-state index in [-0.39, 0.29) is 11.7 Å². The lowest BCUT2D eigenvalue weighted by Gasteiger charge is -2.33. The molecule has 0 bridgehead atoms. The lowest BCUT2D eigenvalue weighted by molar-refractivity contribution is -0.0927. The molecule has 1 nitrogen and oxygen atoms in total. The molecule has 0 saturated heterocycles. The van der Waals surface area contributed by atoms with Crippen molar-refractivity contribution >= 4 is 11.6 Å². The highest BCUT2D eigenvalue weighted by atomic mass is 35.5. The molecule has 0 radical (unpaired) electrons. The maximum Gasteiger partial charge on any atom is 0.0804 e. The van der Waals surface area contributed by atoms with Crippen LogP contribution in [-0.2, 0) is 4.74 Å². The number of ether oxygens (including phenoxy) is 1. The summed E-state index contributed by atoms with van der Waals surface area (Å²) >= 11 is 5.97. The van der Waals surface area contributed by atoms with E-state index >= 15 is 0 Å². The molecule has 0 aromatic heterocycles. The molecule has 1 aromatic carbocycles. The van der Waals surface area contributed by atoms with Gasteiger partial charge in [-0.1, -0.05) is 37.6 Å². The molecule has 0 aliphatic heterocycles. The summed E-state index contributed by atoms with van der Waals surface area (Å²) in [6.07, 6.45) is 0.0658. The number of hydrogen-bond acceptors (Lipinski definition) is 1. The molecule has 0 fully saturated rings. The fourth-order valence-corrected chi connectivity index (χ4v) is 1.62. The van der Waals surface area contributed by atoms with Crippen LogP contribution in [0.25, 0.3) is 0 Å². The Morgan fingerprint density at radius 2 is 1.81 bits per heavy atom. The van der Waals surface area contributed by atoms with Crippen LogP contribution in [0.2, 0.25) is 5.02 Å². The van der Waals surface area contributed by atoms with Crippen molar-refractivity contribution in [3.63, 3.8) is 0 Å². The van der Waals surface area contributed by atoms with Crippen LogP contribution >= 0.6 is 11.6 Å². The third-order valence-electron chi connectivity index (χ3n) is 3.19. The molecular weight excluding hydrogens is 220 g/mol. The van der Waals surface area contributed by atoms with Crippen LogP contribution in [-0.4, -0.2) is 5.60 Å². The predicted molar refractivity (Wildman–Crippen MR) is 69.9 cm³/mol. The maximum absolute atomic E-state index is 6.08. The molecule has 0 aliphatic carbocycles. The van der Waals surface area contributed by atoms with E-state index in [1.165, 1.54) is 0 Å².